The van der Waals surface area contributed by atoms with Gasteiger partial charge in [0.1, 0.15) is 5.84 Å². The third-order valence-electron chi connectivity index (χ3n) is 5.33. The molecule has 1 atom stereocenters. The van der Waals surface area contributed by atoms with Crippen LogP contribution in [0.1, 0.15) is 26.2 Å². The maximum absolute atomic E-state index is 12.5. The molecule has 1 fully saturated rings. The van der Waals surface area contributed by atoms with Gasteiger partial charge in [0.05, 0.1) is 5.69 Å². The molecular weight excluding hydrogens is 388 g/mol. The summed E-state index contributed by atoms with van der Waals surface area (Å²) in [5.74, 6) is 0.435. The predicted molar refractivity (Wildman–Crippen MR) is 129 cm³/mol. The number of anilines is 1. The first-order valence-electron chi connectivity index (χ1n) is 10.5. The molecule has 0 spiro atoms. The fraction of sp³-hybridized carbons (Fsp3) is 0.333. The Balaban J connectivity index is 1.60. The van der Waals surface area contributed by atoms with Crippen molar-refractivity contribution in [1.82, 2.24) is 9.88 Å². The number of piperidine rings is 1. The summed E-state index contributed by atoms with van der Waals surface area (Å²) in [5, 5.41) is 4.72. The summed E-state index contributed by atoms with van der Waals surface area (Å²) >= 11 is 0. The van der Waals surface area contributed by atoms with Crippen LogP contribution in [0.15, 0.2) is 71.6 Å². The van der Waals surface area contributed by atoms with Crippen LogP contribution in [0.3, 0.4) is 0 Å². The average Bonchev–Trinajstić information content (AvgIpc) is 2.76. The number of amidine groups is 1. The maximum atomic E-state index is 12.5. The SMILES string of the molecule is C=CC(CCN1CCCC(/C(N)=N/C(=O)Nc2cccc3cnccc23)C1)=NC(=C)C. The lowest BCUT2D eigenvalue weighted by molar-refractivity contribution is 0.209. The molecule has 31 heavy (non-hydrogen) atoms. The molecule has 0 aliphatic carbocycles. The normalized spacial score (nSPS) is 18.0. The number of aliphatic imine (C=N–C) groups is 2. The van der Waals surface area contributed by atoms with E-state index in [1.165, 1.54) is 0 Å². The molecule has 0 radical (unpaired) electrons. The number of fused-ring (bicyclic) bond motifs is 1. The van der Waals surface area contributed by atoms with E-state index in [1.807, 2.05) is 31.2 Å². The fourth-order valence-corrected chi connectivity index (χ4v) is 3.80. The van der Waals surface area contributed by atoms with Gasteiger partial charge in [-0.15, -0.1) is 0 Å². The molecule has 0 saturated carbocycles. The minimum absolute atomic E-state index is 0.0569. The summed E-state index contributed by atoms with van der Waals surface area (Å²) in [6, 6.07) is 7.08. The quantitative estimate of drug-likeness (QED) is 0.515. The number of benzene rings is 1. The van der Waals surface area contributed by atoms with Crippen molar-refractivity contribution in [2.24, 2.45) is 21.6 Å². The molecule has 2 heterocycles. The second kappa shape index (κ2) is 10.6. The van der Waals surface area contributed by atoms with E-state index in [9.17, 15) is 4.79 Å². The monoisotopic (exact) mass is 418 g/mol. The van der Waals surface area contributed by atoms with E-state index in [1.54, 1.807) is 18.5 Å². The van der Waals surface area contributed by atoms with E-state index in [2.05, 4.69) is 38.3 Å². The first-order valence-corrected chi connectivity index (χ1v) is 10.5. The van der Waals surface area contributed by atoms with Gasteiger partial charge >= 0.3 is 6.03 Å². The number of urea groups is 1. The van der Waals surface area contributed by atoms with Crippen molar-refractivity contribution in [2.75, 3.05) is 25.0 Å². The average molecular weight is 419 g/mol. The zero-order valence-electron chi connectivity index (χ0n) is 18.1. The lowest BCUT2D eigenvalue weighted by atomic mass is 9.96. The van der Waals surface area contributed by atoms with Gasteiger partial charge in [-0.2, -0.15) is 4.99 Å². The lowest BCUT2D eigenvalue weighted by Gasteiger charge is -2.32. The highest BCUT2D eigenvalue weighted by Gasteiger charge is 2.23. The van der Waals surface area contributed by atoms with Crippen molar-refractivity contribution < 1.29 is 4.79 Å². The molecule has 1 aromatic carbocycles. The Labute approximate surface area is 183 Å². The van der Waals surface area contributed by atoms with Crippen LogP contribution in [-0.2, 0) is 0 Å². The van der Waals surface area contributed by atoms with Gasteiger partial charge in [0.15, 0.2) is 0 Å². The second-order valence-corrected chi connectivity index (χ2v) is 7.80. The highest BCUT2D eigenvalue weighted by Crippen LogP contribution is 2.22. The number of nitrogens with zero attached hydrogens (tertiary/aromatic N) is 4. The third kappa shape index (κ3) is 6.33. The van der Waals surface area contributed by atoms with Gasteiger partial charge in [0, 0.05) is 60.0 Å². The van der Waals surface area contributed by atoms with Crippen LogP contribution in [0.4, 0.5) is 10.5 Å². The largest absolute Gasteiger partial charge is 0.387 e. The molecule has 3 N–H and O–H groups in total. The summed E-state index contributed by atoms with van der Waals surface area (Å²) in [4.78, 5) is 27.5. The first-order chi connectivity index (χ1) is 15.0. The molecule has 1 aliphatic heterocycles. The van der Waals surface area contributed by atoms with Crippen molar-refractivity contribution in [3.05, 3.63) is 61.6 Å². The van der Waals surface area contributed by atoms with Crippen LogP contribution >= 0.6 is 0 Å². The van der Waals surface area contributed by atoms with Gasteiger partial charge in [0.2, 0.25) is 0 Å². The Bertz CT molecular complexity index is 1020. The highest BCUT2D eigenvalue weighted by molar-refractivity contribution is 6.05. The van der Waals surface area contributed by atoms with E-state index < -0.39 is 6.03 Å². The minimum atomic E-state index is -0.457. The van der Waals surface area contributed by atoms with Crippen molar-refractivity contribution in [2.45, 2.75) is 26.2 Å². The summed E-state index contributed by atoms with van der Waals surface area (Å²) in [6.45, 7) is 12.2. The molecule has 3 rings (SSSR count). The third-order valence-corrected chi connectivity index (χ3v) is 5.33. The molecule has 2 amide bonds. The molecule has 1 aromatic heterocycles. The number of rotatable bonds is 7. The van der Waals surface area contributed by atoms with Crippen LogP contribution in [0, 0.1) is 5.92 Å². The van der Waals surface area contributed by atoms with Crippen LogP contribution in [0.5, 0.6) is 0 Å². The van der Waals surface area contributed by atoms with E-state index in [0.29, 0.717) is 11.5 Å². The van der Waals surface area contributed by atoms with Gasteiger partial charge in [-0.05, 0) is 44.5 Å². The predicted octanol–water partition coefficient (Wildman–Crippen LogP) is 4.39. The Hall–Kier alpha value is -3.32. The summed E-state index contributed by atoms with van der Waals surface area (Å²) in [7, 11) is 0. The topological polar surface area (TPSA) is 96.0 Å². The fourth-order valence-electron chi connectivity index (χ4n) is 3.80. The zero-order valence-corrected chi connectivity index (χ0v) is 18.1. The van der Waals surface area contributed by atoms with E-state index in [0.717, 1.165) is 61.1 Å². The Morgan fingerprint density at radius 2 is 2.23 bits per heavy atom. The smallest absolute Gasteiger partial charge is 0.347 e. The number of nitrogens with two attached hydrogens (primary N) is 1. The molecule has 0 bridgehead atoms. The summed E-state index contributed by atoms with van der Waals surface area (Å²) < 4.78 is 0. The lowest BCUT2D eigenvalue weighted by Crippen LogP contribution is -2.42. The van der Waals surface area contributed by atoms with E-state index in [-0.39, 0.29) is 5.92 Å². The Morgan fingerprint density at radius 1 is 1.39 bits per heavy atom. The first kappa shape index (κ1) is 22.4. The van der Waals surface area contributed by atoms with E-state index in [4.69, 9.17) is 5.73 Å². The molecule has 162 valence electrons. The number of carbonyl (C=O) groups is 1. The number of hydrogen-bond donors (Lipinski definition) is 2. The van der Waals surface area contributed by atoms with Crippen molar-refractivity contribution in [1.29, 1.82) is 0 Å². The molecule has 7 nitrogen and oxygen atoms in total. The number of allylic oxidation sites excluding steroid dienone is 2. The zero-order chi connectivity index (χ0) is 22.2. The number of carbonyl (C=O) groups excluding carboxylic acids is 1. The second-order valence-electron chi connectivity index (χ2n) is 7.80. The number of likely N-dealkylation sites (tertiary alicyclic amines) is 1. The van der Waals surface area contributed by atoms with Crippen LogP contribution in [0.2, 0.25) is 0 Å². The van der Waals surface area contributed by atoms with Gasteiger partial charge in [-0.1, -0.05) is 25.3 Å². The molecule has 2 aromatic rings. The van der Waals surface area contributed by atoms with Crippen LogP contribution < -0.4 is 11.1 Å². The number of nitrogens with one attached hydrogen (secondary N) is 1. The Kier molecular flexibility index (Phi) is 7.67. The van der Waals surface area contributed by atoms with Gasteiger partial charge in [-0.3, -0.25) is 9.98 Å². The standard InChI is InChI=1S/C24H30N6O/c1-4-20(27-17(2)3)11-14-30-13-6-8-19(16-30)23(25)29-24(31)28-22-9-5-7-18-15-26-12-10-21(18)22/h4-5,7,9-10,12,15,19H,1-2,6,8,11,13-14,16H2,3H3,(H3,25,28,29,31). The summed E-state index contributed by atoms with van der Waals surface area (Å²) in [5.41, 5.74) is 8.63. The van der Waals surface area contributed by atoms with Crippen LogP contribution in [-0.4, -0.2) is 47.1 Å². The molecule has 1 aliphatic rings. The molecule has 1 saturated heterocycles. The number of pyridine rings is 1. The molecule has 1 unspecified atom stereocenters. The number of aromatic nitrogens is 1. The maximum Gasteiger partial charge on any atom is 0.347 e. The van der Waals surface area contributed by atoms with E-state index >= 15 is 0 Å². The van der Waals surface area contributed by atoms with Gasteiger partial charge in [-0.25, -0.2) is 4.79 Å². The van der Waals surface area contributed by atoms with Crippen molar-refractivity contribution in [3.63, 3.8) is 0 Å². The van der Waals surface area contributed by atoms with Gasteiger partial charge in [0.25, 0.3) is 0 Å². The Morgan fingerprint density at radius 3 is 3.00 bits per heavy atom. The number of hydrogen-bond acceptors (Lipinski definition) is 4. The molecular formula is C24H30N6O. The van der Waals surface area contributed by atoms with Crippen molar-refractivity contribution >= 4 is 34.0 Å². The van der Waals surface area contributed by atoms with Crippen molar-refractivity contribution in [3.8, 4) is 0 Å². The van der Waals surface area contributed by atoms with Gasteiger partial charge < -0.3 is 16.0 Å². The minimum Gasteiger partial charge on any atom is -0.387 e. The number of amides is 2. The highest BCUT2D eigenvalue weighted by atomic mass is 16.2. The molecule has 7 heteroatoms. The van der Waals surface area contributed by atoms with Crippen LogP contribution in [0.25, 0.3) is 10.8 Å². The summed E-state index contributed by atoms with van der Waals surface area (Å²) in [6.07, 6.45) is 7.98.